The lowest BCUT2D eigenvalue weighted by atomic mass is 10.0. The highest BCUT2D eigenvalue weighted by molar-refractivity contribution is 5.61. The van der Waals surface area contributed by atoms with Crippen molar-refractivity contribution in [2.75, 3.05) is 24.6 Å². The van der Waals surface area contributed by atoms with Crippen LogP contribution in [0.25, 0.3) is 0 Å². The smallest absolute Gasteiger partial charge is 0.378 e. The van der Waals surface area contributed by atoms with Crippen LogP contribution in [0.15, 0.2) is 48.5 Å². The molecule has 142 valence electrons. The van der Waals surface area contributed by atoms with Gasteiger partial charge in [0.05, 0.1) is 29.5 Å². The molecular weight excluding hydrogens is 353 g/mol. The molecule has 2 aromatic rings. The van der Waals surface area contributed by atoms with Gasteiger partial charge in [0.2, 0.25) is 0 Å². The van der Waals surface area contributed by atoms with Crippen molar-refractivity contribution in [3.8, 4) is 6.07 Å². The zero-order valence-electron chi connectivity index (χ0n) is 14.9. The molecule has 2 aromatic carbocycles. The largest absolute Gasteiger partial charge is 0.416 e. The highest BCUT2D eigenvalue weighted by atomic mass is 19.4. The van der Waals surface area contributed by atoms with Crippen LogP contribution in [0.2, 0.25) is 0 Å². The predicted octanol–water partition coefficient (Wildman–Crippen LogP) is 4.81. The van der Waals surface area contributed by atoms with Crippen LogP contribution in [0.3, 0.4) is 0 Å². The van der Waals surface area contributed by atoms with E-state index in [0.717, 1.165) is 31.4 Å². The second kappa shape index (κ2) is 8.45. The molecule has 0 aromatic heterocycles. The summed E-state index contributed by atoms with van der Waals surface area (Å²) in [6.07, 6.45) is -1.85. The first-order valence-corrected chi connectivity index (χ1v) is 8.99. The number of benzene rings is 2. The molecule has 0 atom stereocenters. The van der Waals surface area contributed by atoms with Crippen LogP contribution in [0.1, 0.15) is 29.5 Å². The summed E-state index contributed by atoms with van der Waals surface area (Å²) in [4.78, 5) is 1.97. The number of halogens is 3. The maximum atomic E-state index is 12.8. The van der Waals surface area contributed by atoms with E-state index >= 15 is 0 Å². The maximum absolute atomic E-state index is 12.8. The van der Waals surface area contributed by atoms with Crippen LogP contribution < -0.4 is 4.90 Å². The van der Waals surface area contributed by atoms with Gasteiger partial charge in [-0.2, -0.15) is 18.4 Å². The summed E-state index contributed by atoms with van der Waals surface area (Å²) in [5, 5.41) is 9.25. The number of ether oxygens (including phenoxy) is 1. The maximum Gasteiger partial charge on any atom is 0.416 e. The third-order valence-electron chi connectivity index (χ3n) is 4.81. The van der Waals surface area contributed by atoms with Gasteiger partial charge in [-0.05, 0) is 43.0 Å². The Labute approximate surface area is 157 Å². The number of hydrogen-bond donors (Lipinski definition) is 0. The normalized spacial score (nSPS) is 15.6. The summed E-state index contributed by atoms with van der Waals surface area (Å²) >= 11 is 0. The van der Waals surface area contributed by atoms with Gasteiger partial charge in [0.25, 0.3) is 0 Å². The average molecular weight is 374 g/mol. The van der Waals surface area contributed by atoms with Gasteiger partial charge in [-0.1, -0.05) is 30.3 Å². The molecule has 27 heavy (non-hydrogen) atoms. The topological polar surface area (TPSA) is 36.3 Å². The minimum Gasteiger partial charge on any atom is -0.378 e. The first-order valence-electron chi connectivity index (χ1n) is 8.99. The Morgan fingerprint density at radius 3 is 2.41 bits per heavy atom. The zero-order chi connectivity index (χ0) is 19.3. The van der Waals surface area contributed by atoms with Gasteiger partial charge in [-0.3, -0.25) is 0 Å². The zero-order valence-corrected chi connectivity index (χ0v) is 14.9. The van der Waals surface area contributed by atoms with Crippen molar-refractivity contribution in [1.29, 1.82) is 5.26 Å². The summed E-state index contributed by atoms with van der Waals surface area (Å²) in [6, 6.07) is 15.4. The molecule has 1 saturated heterocycles. The van der Waals surface area contributed by atoms with Crippen LogP contribution >= 0.6 is 0 Å². The van der Waals surface area contributed by atoms with Crippen molar-refractivity contribution >= 4 is 5.69 Å². The minimum atomic E-state index is -4.44. The standard InChI is InChI=1S/C21H21F3N2O/c22-21(23,24)18-6-7-20(17(14-18)15-25)26-11-8-19(9-12-26)27-13-10-16-4-2-1-3-5-16/h1-7,14,19H,8-13H2. The number of hydrogen-bond acceptors (Lipinski definition) is 3. The fraction of sp³-hybridized carbons (Fsp3) is 0.381. The third-order valence-corrected chi connectivity index (χ3v) is 4.81. The van der Waals surface area contributed by atoms with Crippen LogP contribution in [-0.2, 0) is 17.3 Å². The van der Waals surface area contributed by atoms with E-state index in [4.69, 9.17) is 4.74 Å². The highest BCUT2D eigenvalue weighted by Crippen LogP contribution is 2.33. The van der Waals surface area contributed by atoms with Crippen LogP contribution in [0, 0.1) is 11.3 Å². The molecule has 0 saturated carbocycles. The molecule has 0 bridgehead atoms. The molecule has 0 radical (unpaired) electrons. The first-order chi connectivity index (χ1) is 13.0. The fourth-order valence-corrected chi connectivity index (χ4v) is 3.33. The molecule has 3 rings (SSSR count). The average Bonchev–Trinajstić information content (AvgIpc) is 2.68. The highest BCUT2D eigenvalue weighted by Gasteiger charge is 2.32. The number of nitriles is 1. The Morgan fingerprint density at radius 1 is 1.07 bits per heavy atom. The minimum absolute atomic E-state index is 0.0632. The number of rotatable bonds is 5. The van der Waals surface area contributed by atoms with E-state index in [1.54, 1.807) is 0 Å². The lowest BCUT2D eigenvalue weighted by Gasteiger charge is -2.34. The summed E-state index contributed by atoms with van der Waals surface area (Å²) in [5.74, 6) is 0. The van der Waals surface area contributed by atoms with Crippen LogP contribution in [-0.4, -0.2) is 25.8 Å². The van der Waals surface area contributed by atoms with E-state index in [1.807, 2.05) is 29.2 Å². The van der Waals surface area contributed by atoms with E-state index in [1.165, 1.54) is 11.6 Å². The number of anilines is 1. The molecule has 6 heteroatoms. The van der Waals surface area contributed by atoms with Crippen molar-refractivity contribution in [2.45, 2.75) is 31.5 Å². The molecular formula is C21H21F3N2O. The number of alkyl halides is 3. The second-order valence-electron chi connectivity index (χ2n) is 6.63. The summed E-state index contributed by atoms with van der Waals surface area (Å²) in [7, 11) is 0. The number of nitrogens with zero attached hydrogens (tertiary/aromatic N) is 2. The van der Waals surface area contributed by atoms with Gasteiger partial charge >= 0.3 is 6.18 Å². The fourth-order valence-electron chi connectivity index (χ4n) is 3.33. The van der Waals surface area contributed by atoms with E-state index in [9.17, 15) is 18.4 Å². The second-order valence-corrected chi connectivity index (χ2v) is 6.63. The molecule has 1 aliphatic rings. The SMILES string of the molecule is N#Cc1cc(C(F)(F)F)ccc1N1CCC(OCCc2ccccc2)CC1. The van der Waals surface area contributed by atoms with Gasteiger partial charge in [0, 0.05) is 13.1 Å². The molecule has 1 heterocycles. The Hall–Kier alpha value is -2.52. The van der Waals surface area contributed by atoms with Gasteiger partial charge in [0.15, 0.2) is 0 Å². The molecule has 1 fully saturated rings. The quantitative estimate of drug-likeness (QED) is 0.754. The van der Waals surface area contributed by atoms with Gasteiger partial charge in [-0.15, -0.1) is 0 Å². The molecule has 0 aliphatic carbocycles. The molecule has 1 aliphatic heterocycles. The molecule has 0 spiro atoms. The van der Waals surface area contributed by atoms with Crippen LogP contribution in [0.5, 0.6) is 0 Å². The van der Waals surface area contributed by atoms with E-state index in [0.29, 0.717) is 25.4 Å². The Balaban J connectivity index is 1.54. The summed E-state index contributed by atoms with van der Waals surface area (Å²) < 4.78 is 44.4. The van der Waals surface area contributed by atoms with Crippen LogP contribution in [0.4, 0.5) is 18.9 Å². The molecule has 0 N–H and O–H groups in total. The number of piperidine rings is 1. The Morgan fingerprint density at radius 2 is 1.78 bits per heavy atom. The summed E-state index contributed by atoms with van der Waals surface area (Å²) in [6.45, 7) is 1.98. The van der Waals surface area contributed by atoms with Gasteiger partial charge < -0.3 is 9.64 Å². The lowest BCUT2D eigenvalue weighted by molar-refractivity contribution is -0.137. The predicted molar refractivity (Wildman–Crippen MR) is 97.5 cm³/mol. The summed E-state index contributed by atoms with van der Waals surface area (Å²) in [5.41, 5.74) is 1.07. The lowest BCUT2D eigenvalue weighted by Crippen LogP contribution is -2.37. The monoisotopic (exact) mass is 374 g/mol. The van der Waals surface area contributed by atoms with Crippen molar-refractivity contribution in [2.24, 2.45) is 0 Å². The molecule has 3 nitrogen and oxygen atoms in total. The first kappa shape index (κ1) is 19.2. The van der Waals surface area contributed by atoms with Crippen molar-refractivity contribution in [3.05, 3.63) is 65.2 Å². The van der Waals surface area contributed by atoms with Crippen molar-refractivity contribution in [3.63, 3.8) is 0 Å². The van der Waals surface area contributed by atoms with E-state index in [2.05, 4.69) is 12.1 Å². The molecule has 0 unspecified atom stereocenters. The van der Waals surface area contributed by atoms with E-state index < -0.39 is 11.7 Å². The molecule has 0 amide bonds. The van der Waals surface area contributed by atoms with Gasteiger partial charge in [-0.25, -0.2) is 0 Å². The van der Waals surface area contributed by atoms with Gasteiger partial charge in [0.1, 0.15) is 6.07 Å². The third kappa shape index (κ3) is 5.01. The van der Waals surface area contributed by atoms with E-state index in [-0.39, 0.29) is 11.7 Å². The van der Waals surface area contributed by atoms with Crippen molar-refractivity contribution < 1.29 is 17.9 Å². The van der Waals surface area contributed by atoms with Crippen molar-refractivity contribution in [1.82, 2.24) is 0 Å². The Bertz CT molecular complexity index is 791. The Kier molecular flexibility index (Phi) is 6.02.